The van der Waals surface area contributed by atoms with E-state index in [2.05, 4.69) is 6.58 Å². The van der Waals surface area contributed by atoms with Crippen molar-refractivity contribution >= 4 is 5.97 Å². The minimum absolute atomic E-state index is 0.540. The minimum atomic E-state index is -0.861. The summed E-state index contributed by atoms with van der Waals surface area (Å²) in [5.74, 6) is -0.0283. The molecule has 1 N–H and O–H groups in total. The Hall–Kier alpha value is -1.77. The van der Waals surface area contributed by atoms with Crippen molar-refractivity contribution in [2.45, 2.75) is 19.8 Å². The molecule has 17 heavy (non-hydrogen) atoms. The van der Waals surface area contributed by atoms with Gasteiger partial charge < -0.3 is 9.84 Å². The number of ether oxygens (including phenoxy) is 1. The summed E-state index contributed by atoms with van der Waals surface area (Å²) >= 11 is 0. The van der Waals surface area contributed by atoms with Crippen molar-refractivity contribution in [3.8, 4) is 5.75 Å². The average Bonchev–Trinajstić information content (AvgIpc) is 2.36. The lowest BCUT2D eigenvalue weighted by Crippen LogP contribution is -2.25. The largest absolute Gasteiger partial charge is 0.497 e. The van der Waals surface area contributed by atoms with Crippen LogP contribution >= 0.6 is 0 Å². The maximum absolute atomic E-state index is 11.1. The van der Waals surface area contributed by atoms with Gasteiger partial charge in [-0.25, -0.2) is 0 Å². The third-order valence-electron chi connectivity index (χ3n) is 3.03. The van der Waals surface area contributed by atoms with Crippen LogP contribution in [0.4, 0.5) is 0 Å². The van der Waals surface area contributed by atoms with E-state index < -0.39 is 11.4 Å². The normalized spacial score (nSPS) is 13.8. The molecular weight excluding hydrogens is 216 g/mol. The predicted octanol–water partition coefficient (Wildman–Crippen LogP) is 2.90. The van der Waals surface area contributed by atoms with E-state index in [1.54, 1.807) is 14.0 Å². The molecule has 0 amide bonds. The lowest BCUT2D eigenvalue weighted by atomic mass is 9.84. The number of carbonyl (C=O) groups is 1. The Morgan fingerprint density at radius 1 is 1.47 bits per heavy atom. The standard InChI is InChI=1S/C14H18O3/c1-4-14(2,13(15)16)10-9-11-5-7-12(17-3)8-6-11/h4-8H,1,9-10H2,2-3H3,(H,15,16). The third kappa shape index (κ3) is 3.34. The molecule has 1 atom stereocenters. The van der Waals surface area contributed by atoms with E-state index in [1.165, 1.54) is 6.08 Å². The van der Waals surface area contributed by atoms with Gasteiger partial charge in [0.05, 0.1) is 12.5 Å². The molecule has 3 nitrogen and oxygen atoms in total. The molecule has 3 heteroatoms. The van der Waals surface area contributed by atoms with Gasteiger partial charge in [-0.15, -0.1) is 6.58 Å². The first-order valence-electron chi connectivity index (χ1n) is 5.52. The number of hydrogen-bond donors (Lipinski definition) is 1. The fraction of sp³-hybridized carbons (Fsp3) is 0.357. The number of carboxylic acid groups (broad SMARTS) is 1. The second-order valence-electron chi connectivity index (χ2n) is 4.27. The van der Waals surface area contributed by atoms with Gasteiger partial charge in [0.1, 0.15) is 5.75 Å². The van der Waals surface area contributed by atoms with E-state index in [0.717, 1.165) is 11.3 Å². The molecule has 1 unspecified atom stereocenters. The van der Waals surface area contributed by atoms with Gasteiger partial charge in [0.25, 0.3) is 0 Å². The number of benzene rings is 1. The van der Waals surface area contributed by atoms with Gasteiger partial charge in [-0.05, 0) is 37.5 Å². The Balaban J connectivity index is 2.66. The Morgan fingerprint density at radius 3 is 2.47 bits per heavy atom. The fourth-order valence-electron chi connectivity index (χ4n) is 1.49. The zero-order valence-electron chi connectivity index (χ0n) is 10.3. The van der Waals surface area contributed by atoms with Crippen LogP contribution in [0.3, 0.4) is 0 Å². The third-order valence-corrected chi connectivity index (χ3v) is 3.03. The SMILES string of the molecule is C=CC(C)(CCc1ccc(OC)cc1)C(=O)O. The zero-order valence-corrected chi connectivity index (χ0v) is 10.3. The van der Waals surface area contributed by atoms with Crippen molar-refractivity contribution in [1.82, 2.24) is 0 Å². The molecule has 0 saturated heterocycles. The summed E-state index contributed by atoms with van der Waals surface area (Å²) in [6, 6.07) is 7.65. The molecule has 1 aromatic rings. The summed E-state index contributed by atoms with van der Waals surface area (Å²) < 4.78 is 5.06. The molecule has 0 aliphatic heterocycles. The Morgan fingerprint density at radius 2 is 2.06 bits per heavy atom. The molecule has 1 aromatic carbocycles. The summed E-state index contributed by atoms with van der Waals surface area (Å²) in [7, 11) is 1.62. The van der Waals surface area contributed by atoms with E-state index in [4.69, 9.17) is 9.84 Å². The van der Waals surface area contributed by atoms with Crippen LogP contribution in [0.1, 0.15) is 18.9 Å². The maximum Gasteiger partial charge on any atom is 0.313 e. The molecular formula is C14H18O3. The number of carboxylic acids is 1. The summed E-state index contributed by atoms with van der Waals surface area (Å²) in [4.78, 5) is 11.1. The highest BCUT2D eigenvalue weighted by molar-refractivity contribution is 5.76. The van der Waals surface area contributed by atoms with E-state index in [0.29, 0.717) is 12.8 Å². The first-order chi connectivity index (χ1) is 8.01. The summed E-state index contributed by atoms with van der Waals surface area (Å²) in [6.07, 6.45) is 2.75. The lowest BCUT2D eigenvalue weighted by molar-refractivity contribution is -0.145. The number of hydrogen-bond acceptors (Lipinski definition) is 2. The molecule has 0 spiro atoms. The van der Waals surface area contributed by atoms with Crippen LogP contribution in [0.2, 0.25) is 0 Å². The van der Waals surface area contributed by atoms with Crippen molar-refractivity contribution in [2.75, 3.05) is 7.11 Å². The quantitative estimate of drug-likeness (QED) is 0.770. The molecule has 92 valence electrons. The summed E-state index contributed by atoms with van der Waals surface area (Å²) in [6.45, 7) is 5.28. The maximum atomic E-state index is 11.1. The highest BCUT2D eigenvalue weighted by atomic mass is 16.5. The lowest BCUT2D eigenvalue weighted by Gasteiger charge is -2.20. The van der Waals surface area contributed by atoms with Crippen LogP contribution in [-0.4, -0.2) is 18.2 Å². The van der Waals surface area contributed by atoms with Crippen molar-refractivity contribution < 1.29 is 14.6 Å². The number of aliphatic carboxylic acids is 1. The summed E-state index contributed by atoms with van der Waals surface area (Å²) in [5, 5.41) is 9.10. The van der Waals surface area contributed by atoms with Crippen molar-refractivity contribution in [3.05, 3.63) is 42.5 Å². The Labute approximate surface area is 102 Å². The highest BCUT2D eigenvalue weighted by Crippen LogP contribution is 2.25. The fourth-order valence-corrected chi connectivity index (χ4v) is 1.49. The first-order valence-corrected chi connectivity index (χ1v) is 5.52. The van der Waals surface area contributed by atoms with Gasteiger partial charge in [0.15, 0.2) is 0 Å². The van der Waals surface area contributed by atoms with Crippen molar-refractivity contribution in [2.24, 2.45) is 5.41 Å². The molecule has 0 aromatic heterocycles. The molecule has 0 heterocycles. The second-order valence-corrected chi connectivity index (χ2v) is 4.27. The molecule has 0 radical (unpaired) electrons. The van der Waals surface area contributed by atoms with Gasteiger partial charge in [-0.1, -0.05) is 18.2 Å². The molecule has 0 saturated carbocycles. The Bertz CT molecular complexity index is 394. The predicted molar refractivity (Wildman–Crippen MR) is 67.3 cm³/mol. The van der Waals surface area contributed by atoms with E-state index in [1.807, 2.05) is 24.3 Å². The van der Waals surface area contributed by atoms with E-state index in [9.17, 15) is 4.79 Å². The van der Waals surface area contributed by atoms with Crippen LogP contribution in [0.15, 0.2) is 36.9 Å². The first kappa shape index (κ1) is 13.3. The van der Waals surface area contributed by atoms with Crippen LogP contribution in [-0.2, 0) is 11.2 Å². The van der Waals surface area contributed by atoms with Crippen LogP contribution in [0.25, 0.3) is 0 Å². The molecule has 0 aliphatic carbocycles. The zero-order chi connectivity index (χ0) is 12.9. The smallest absolute Gasteiger partial charge is 0.313 e. The average molecular weight is 234 g/mol. The van der Waals surface area contributed by atoms with Gasteiger partial charge in [0, 0.05) is 0 Å². The Kier molecular flexibility index (Phi) is 4.32. The van der Waals surface area contributed by atoms with Gasteiger partial charge >= 0.3 is 5.97 Å². The monoisotopic (exact) mass is 234 g/mol. The van der Waals surface area contributed by atoms with Crippen LogP contribution in [0, 0.1) is 5.41 Å². The van der Waals surface area contributed by atoms with E-state index in [-0.39, 0.29) is 0 Å². The van der Waals surface area contributed by atoms with Gasteiger partial charge in [-0.3, -0.25) is 4.79 Å². The van der Waals surface area contributed by atoms with Gasteiger partial charge in [-0.2, -0.15) is 0 Å². The minimum Gasteiger partial charge on any atom is -0.497 e. The van der Waals surface area contributed by atoms with Crippen molar-refractivity contribution in [1.29, 1.82) is 0 Å². The second kappa shape index (κ2) is 5.53. The van der Waals surface area contributed by atoms with Crippen LogP contribution in [0.5, 0.6) is 5.75 Å². The van der Waals surface area contributed by atoms with Crippen LogP contribution < -0.4 is 4.74 Å². The van der Waals surface area contributed by atoms with Gasteiger partial charge in [0.2, 0.25) is 0 Å². The number of rotatable bonds is 6. The number of methoxy groups -OCH3 is 1. The topological polar surface area (TPSA) is 46.5 Å². The molecule has 0 bridgehead atoms. The summed E-state index contributed by atoms with van der Waals surface area (Å²) in [5.41, 5.74) is 0.236. The molecule has 0 aliphatic rings. The molecule has 1 rings (SSSR count). The van der Waals surface area contributed by atoms with E-state index >= 15 is 0 Å². The van der Waals surface area contributed by atoms with Crippen molar-refractivity contribution in [3.63, 3.8) is 0 Å². The highest BCUT2D eigenvalue weighted by Gasteiger charge is 2.28. The number of aryl methyl sites for hydroxylation is 1. The molecule has 0 fully saturated rings.